The Kier molecular flexibility index (Phi) is 7.34. The molecule has 156 valence electrons. The highest BCUT2D eigenvalue weighted by Crippen LogP contribution is 2.33. The van der Waals surface area contributed by atoms with Crippen LogP contribution in [0, 0.1) is 0 Å². The SMILES string of the molecule is C[C@@H]1CN(CC(=O)NCCN2C(=O)S/C(=C\c3ccccc3Cl)C2=O)C[C@@H](C)O1. The molecule has 2 heterocycles. The maximum absolute atomic E-state index is 12.5. The van der Waals surface area contributed by atoms with Gasteiger partial charge in [-0.2, -0.15) is 0 Å². The summed E-state index contributed by atoms with van der Waals surface area (Å²) >= 11 is 6.99. The summed E-state index contributed by atoms with van der Waals surface area (Å²) in [5, 5.41) is 2.95. The third-order valence-electron chi connectivity index (χ3n) is 4.59. The van der Waals surface area contributed by atoms with Crippen LogP contribution in [0.1, 0.15) is 19.4 Å². The van der Waals surface area contributed by atoms with E-state index in [4.69, 9.17) is 16.3 Å². The van der Waals surface area contributed by atoms with Crippen molar-refractivity contribution in [1.82, 2.24) is 15.1 Å². The lowest BCUT2D eigenvalue weighted by molar-refractivity contribution is -0.127. The number of hydrogen-bond acceptors (Lipinski definition) is 6. The zero-order valence-corrected chi connectivity index (χ0v) is 18.0. The lowest BCUT2D eigenvalue weighted by Crippen LogP contribution is -2.49. The van der Waals surface area contributed by atoms with Crippen molar-refractivity contribution in [2.75, 3.05) is 32.7 Å². The van der Waals surface area contributed by atoms with Crippen LogP contribution in [0.2, 0.25) is 5.02 Å². The van der Waals surface area contributed by atoms with Gasteiger partial charge in [-0.15, -0.1) is 0 Å². The predicted molar refractivity (Wildman–Crippen MR) is 114 cm³/mol. The van der Waals surface area contributed by atoms with Crippen molar-refractivity contribution >= 4 is 46.5 Å². The summed E-state index contributed by atoms with van der Waals surface area (Å²) in [5.74, 6) is -0.505. The second kappa shape index (κ2) is 9.75. The number of rotatable bonds is 6. The first kappa shape index (κ1) is 21.8. The normalized spacial score (nSPS) is 24.4. The summed E-state index contributed by atoms with van der Waals surface area (Å²) in [6.45, 7) is 5.98. The fraction of sp³-hybridized carbons (Fsp3) is 0.450. The molecule has 0 spiro atoms. The molecule has 0 aliphatic carbocycles. The number of thioether (sulfide) groups is 1. The minimum atomic E-state index is -0.370. The van der Waals surface area contributed by atoms with Crippen LogP contribution in [0.3, 0.4) is 0 Å². The lowest BCUT2D eigenvalue weighted by atomic mass is 10.2. The first-order valence-corrected chi connectivity index (χ1v) is 10.7. The number of nitrogens with one attached hydrogen (secondary N) is 1. The number of ether oxygens (including phenoxy) is 1. The van der Waals surface area contributed by atoms with Crippen LogP contribution in [0.15, 0.2) is 29.2 Å². The fourth-order valence-electron chi connectivity index (χ4n) is 3.41. The molecule has 0 bridgehead atoms. The number of morpholine rings is 1. The number of halogens is 1. The molecule has 2 aliphatic rings. The molecule has 7 nitrogen and oxygen atoms in total. The number of carbonyl (C=O) groups excluding carboxylic acids is 3. The van der Waals surface area contributed by atoms with Gasteiger partial charge < -0.3 is 10.1 Å². The van der Waals surface area contributed by atoms with Crippen LogP contribution < -0.4 is 5.32 Å². The minimum Gasteiger partial charge on any atom is -0.373 e. The van der Waals surface area contributed by atoms with Crippen molar-refractivity contribution in [3.8, 4) is 0 Å². The smallest absolute Gasteiger partial charge is 0.293 e. The Bertz CT molecular complexity index is 822. The molecule has 3 amide bonds. The van der Waals surface area contributed by atoms with Crippen molar-refractivity contribution < 1.29 is 19.1 Å². The zero-order chi connectivity index (χ0) is 21.0. The molecule has 2 aliphatic heterocycles. The Hall–Kier alpha value is -1.87. The molecule has 1 aromatic carbocycles. The first-order valence-electron chi connectivity index (χ1n) is 9.48. The van der Waals surface area contributed by atoms with E-state index in [2.05, 4.69) is 5.32 Å². The molecule has 1 N–H and O–H groups in total. The summed E-state index contributed by atoms with van der Waals surface area (Å²) < 4.78 is 5.66. The predicted octanol–water partition coefficient (Wildman–Crippen LogP) is 2.60. The van der Waals surface area contributed by atoms with Crippen molar-refractivity contribution in [3.05, 3.63) is 39.8 Å². The second-order valence-corrected chi connectivity index (χ2v) is 8.56. The minimum absolute atomic E-state index is 0.0896. The Morgan fingerprint density at radius 1 is 1.28 bits per heavy atom. The summed E-state index contributed by atoms with van der Waals surface area (Å²) in [4.78, 5) is 40.4. The summed E-state index contributed by atoms with van der Waals surface area (Å²) in [6.07, 6.45) is 1.80. The standard InChI is InChI=1S/C20H24ClN3O4S/c1-13-10-23(11-14(2)28-13)12-18(25)22-7-8-24-19(26)17(29-20(24)27)9-15-5-3-4-6-16(15)21/h3-6,9,13-14H,7-8,10-12H2,1-2H3,(H,22,25)/b17-9-/t13-,14-/m1/s1. The van der Waals surface area contributed by atoms with E-state index < -0.39 is 0 Å². The van der Waals surface area contributed by atoms with Gasteiger partial charge in [-0.05, 0) is 43.3 Å². The fourth-order valence-corrected chi connectivity index (χ4v) is 4.45. The van der Waals surface area contributed by atoms with Gasteiger partial charge in [-0.3, -0.25) is 24.2 Å². The lowest BCUT2D eigenvalue weighted by Gasteiger charge is -2.34. The Labute approximate surface area is 179 Å². The van der Waals surface area contributed by atoms with Gasteiger partial charge in [0.25, 0.3) is 11.1 Å². The van der Waals surface area contributed by atoms with Crippen LogP contribution >= 0.6 is 23.4 Å². The van der Waals surface area contributed by atoms with Gasteiger partial charge in [0.1, 0.15) is 0 Å². The van der Waals surface area contributed by atoms with Crippen LogP contribution in [-0.4, -0.2) is 71.8 Å². The number of amides is 3. The van der Waals surface area contributed by atoms with Gasteiger partial charge >= 0.3 is 0 Å². The van der Waals surface area contributed by atoms with Crippen molar-refractivity contribution in [3.63, 3.8) is 0 Å². The van der Waals surface area contributed by atoms with Crippen molar-refractivity contribution in [1.29, 1.82) is 0 Å². The van der Waals surface area contributed by atoms with E-state index in [1.54, 1.807) is 24.3 Å². The maximum Gasteiger partial charge on any atom is 0.293 e. The van der Waals surface area contributed by atoms with Crippen molar-refractivity contribution in [2.24, 2.45) is 0 Å². The average Bonchev–Trinajstić information content (AvgIpc) is 2.90. The van der Waals surface area contributed by atoms with E-state index in [0.29, 0.717) is 28.6 Å². The molecule has 0 aromatic heterocycles. The molecule has 29 heavy (non-hydrogen) atoms. The van der Waals surface area contributed by atoms with Gasteiger partial charge in [-0.25, -0.2) is 0 Å². The summed E-state index contributed by atoms with van der Waals surface area (Å²) in [6, 6.07) is 7.12. The van der Waals surface area contributed by atoms with Gasteiger partial charge in [0.2, 0.25) is 5.91 Å². The van der Waals surface area contributed by atoms with Crippen molar-refractivity contribution in [2.45, 2.75) is 26.1 Å². The van der Waals surface area contributed by atoms with E-state index in [9.17, 15) is 14.4 Å². The van der Waals surface area contributed by atoms with E-state index in [1.165, 1.54) is 0 Å². The number of hydrogen-bond donors (Lipinski definition) is 1. The highest BCUT2D eigenvalue weighted by molar-refractivity contribution is 8.18. The summed E-state index contributed by atoms with van der Waals surface area (Å²) in [5.41, 5.74) is 0.682. The Balaban J connectivity index is 1.49. The third kappa shape index (κ3) is 5.82. The Morgan fingerprint density at radius 3 is 2.66 bits per heavy atom. The topological polar surface area (TPSA) is 79.0 Å². The molecule has 1 aromatic rings. The van der Waals surface area contributed by atoms with Crippen LogP contribution in [0.25, 0.3) is 6.08 Å². The molecule has 2 atom stereocenters. The van der Waals surface area contributed by atoms with E-state index in [0.717, 1.165) is 16.7 Å². The van der Waals surface area contributed by atoms with Gasteiger partial charge in [-0.1, -0.05) is 29.8 Å². The second-order valence-electron chi connectivity index (χ2n) is 7.16. The van der Waals surface area contributed by atoms with Gasteiger partial charge in [0, 0.05) is 31.2 Å². The first-order chi connectivity index (χ1) is 13.8. The molecule has 2 saturated heterocycles. The molecule has 0 radical (unpaired) electrons. The molecule has 0 saturated carbocycles. The monoisotopic (exact) mass is 437 g/mol. The molecular formula is C20H24ClN3O4S. The molecule has 9 heteroatoms. The number of nitrogens with zero attached hydrogens (tertiary/aromatic N) is 2. The van der Waals surface area contributed by atoms with Crippen LogP contribution in [0.4, 0.5) is 4.79 Å². The zero-order valence-electron chi connectivity index (χ0n) is 16.4. The number of benzene rings is 1. The largest absolute Gasteiger partial charge is 0.373 e. The van der Waals surface area contributed by atoms with E-state index >= 15 is 0 Å². The highest BCUT2D eigenvalue weighted by Gasteiger charge is 2.34. The molecule has 2 fully saturated rings. The van der Waals surface area contributed by atoms with Gasteiger partial charge in [0.05, 0.1) is 23.7 Å². The van der Waals surface area contributed by atoms with Crippen LogP contribution in [-0.2, 0) is 14.3 Å². The number of carbonyl (C=O) groups is 3. The van der Waals surface area contributed by atoms with E-state index in [1.807, 2.05) is 24.8 Å². The summed E-state index contributed by atoms with van der Waals surface area (Å²) in [7, 11) is 0. The van der Waals surface area contributed by atoms with Gasteiger partial charge in [0.15, 0.2) is 0 Å². The third-order valence-corrected chi connectivity index (χ3v) is 5.84. The van der Waals surface area contributed by atoms with E-state index in [-0.39, 0.29) is 48.9 Å². The average molecular weight is 438 g/mol. The Morgan fingerprint density at radius 2 is 1.97 bits per heavy atom. The molecule has 3 rings (SSSR count). The number of imide groups is 1. The quantitative estimate of drug-likeness (QED) is 0.689. The molecule has 0 unspecified atom stereocenters. The molecular weight excluding hydrogens is 414 g/mol. The van der Waals surface area contributed by atoms with Crippen LogP contribution in [0.5, 0.6) is 0 Å². The maximum atomic E-state index is 12.5. The highest BCUT2D eigenvalue weighted by atomic mass is 35.5.